The topological polar surface area (TPSA) is 154 Å². The molecule has 57 heavy (non-hydrogen) atoms. The number of methoxy groups -OCH3 is 1. The number of hydrogen-bond acceptors (Lipinski definition) is 9. The van der Waals surface area contributed by atoms with Crippen molar-refractivity contribution in [1.29, 1.82) is 0 Å². The van der Waals surface area contributed by atoms with Crippen molar-refractivity contribution in [2.24, 2.45) is 13.0 Å². The molecule has 0 radical (unpaired) electrons. The van der Waals surface area contributed by atoms with Crippen LogP contribution in [0.4, 0.5) is 23.2 Å². The van der Waals surface area contributed by atoms with E-state index < -0.39 is 47.5 Å². The number of hydrogen-bond donors (Lipinski definition) is 2. The number of likely N-dealkylation sites (tertiary alicyclic amines) is 1. The van der Waals surface area contributed by atoms with E-state index >= 15 is 4.39 Å². The molecule has 2 saturated heterocycles. The fourth-order valence-electron chi connectivity index (χ4n) is 8.76. The Bertz CT molecular complexity index is 2430. The van der Waals surface area contributed by atoms with Gasteiger partial charge >= 0.3 is 11.9 Å². The van der Waals surface area contributed by atoms with Crippen molar-refractivity contribution >= 4 is 45.5 Å². The number of aryl methyl sites for hydroxylation is 1. The van der Waals surface area contributed by atoms with Gasteiger partial charge in [-0.1, -0.05) is 18.2 Å². The van der Waals surface area contributed by atoms with Crippen LogP contribution >= 0.6 is 0 Å². The van der Waals surface area contributed by atoms with Gasteiger partial charge in [0, 0.05) is 50.5 Å². The zero-order valence-electron chi connectivity index (χ0n) is 31.3. The summed E-state index contributed by atoms with van der Waals surface area (Å²) in [5, 5.41) is 4.90. The molecule has 1 saturated carbocycles. The molecule has 3 atom stereocenters. The monoisotopic (exact) mass is 791 g/mol. The van der Waals surface area contributed by atoms with Crippen molar-refractivity contribution in [2.45, 2.75) is 75.2 Å². The van der Waals surface area contributed by atoms with Crippen molar-refractivity contribution in [3.63, 3.8) is 0 Å². The molecule has 8 rings (SSSR count). The van der Waals surface area contributed by atoms with Gasteiger partial charge in [0.25, 0.3) is 5.91 Å². The van der Waals surface area contributed by atoms with Crippen LogP contribution in [0.15, 0.2) is 57.7 Å². The number of ether oxygens (including phenoxy) is 1. The summed E-state index contributed by atoms with van der Waals surface area (Å²) in [4.78, 5) is 61.1. The molecule has 2 aliphatic heterocycles. The van der Waals surface area contributed by atoms with Gasteiger partial charge in [-0.2, -0.15) is 13.2 Å². The van der Waals surface area contributed by atoms with Gasteiger partial charge < -0.3 is 19.4 Å². The van der Waals surface area contributed by atoms with E-state index in [0.29, 0.717) is 46.9 Å². The molecule has 0 spiro atoms. The van der Waals surface area contributed by atoms with E-state index in [9.17, 15) is 32.3 Å². The van der Waals surface area contributed by atoms with Gasteiger partial charge in [-0.15, -0.1) is 0 Å². The highest BCUT2D eigenvalue weighted by Gasteiger charge is 2.37. The molecule has 2 aromatic carbocycles. The molecule has 17 heteroatoms. The fourth-order valence-corrected chi connectivity index (χ4v) is 8.76. The molecule has 5 aromatic rings. The summed E-state index contributed by atoms with van der Waals surface area (Å²) in [5.41, 5.74) is 1.04. The van der Waals surface area contributed by atoms with Crippen molar-refractivity contribution in [2.75, 3.05) is 32.1 Å². The second-order valence-corrected chi connectivity index (χ2v) is 15.2. The van der Waals surface area contributed by atoms with Gasteiger partial charge in [0.05, 0.1) is 23.8 Å². The number of oxazole rings is 1. The Balaban J connectivity index is 0.892. The van der Waals surface area contributed by atoms with E-state index in [1.54, 1.807) is 25.2 Å². The number of rotatable bonds is 8. The number of pyridine rings is 1. The molecule has 3 aliphatic rings. The van der Waals surface area contributed by atoms with Crippen LogP contribution in [0.5, 0.6) is 5.75 Å². The molecule has 3 amide bonds. The SMILES string of the molecule is COc1cc2nc(C3CCC(CN4CC[C@@H](c5cccc6c5n(C)c(=O)n6C5CCC(=O)NC5=O)[C@H](F)C4)CC3)oc2cc1NC(=O)c1cccc(C(F)(F)F)n1. The van der Waals surface area contributed by atoms with E-state index in [4.69, 9.17) is 14.1 Å². The van der Waals surface area contributed by atoms with Crippen LogP contribution in [0.2, 0.25) is 0 Å². The molecule has 3 fully saturated rings. The van der Waals surface area contributed by atoms with Gasteiger partial charge in [-0.05, 0) is 74.8 Å². The number of halogens is 4. The van der Waals surface area contributed by atoms with Gasteiger partial charge in [-0.25, -0.2) is 19.2 Å². The minimum atomic E-state index is -4.70. The van der Waals surface area contributed by atoms with E-state index in [1.165, 1.54) is 28.4 Å². The summed E-state index contributed by atoms with van der Waals surface area (Å²) < 4.78 is 70.1. The maximum Gasteiger partial charge on any atom is 0.433 e. The largest absolute Gasteiger partial charge is 0.494 e. The zero-order valence-corrected chi connectivity index (χ0v) is 31.3. The van der Waals surface area contributed by atoms with E-state index in [1.807, 2.05) is 6.07 Å². The number of anilines is 1. The predicted octanol–water partition coefficient (Wildman–Crippen LogP) is 6.24. The van der Waals surface area contributed by atoms with Crippen LogP contribution in [0.1, 0.15) is 90.5 Å². The summed E-state index contributed by atoms with van der Waals surface area (Å²) >= 11 is 0. The smallest absolute Gasteiger partial charge is 0.433 e. The van der Waals surface area contributed by atoms with Crippen molar-refractivity contribution < 1.29 is 41.1 Å². The number of imide groups is 1. The van der Waals surface area contributed by atoms with Gasteiger partial charge in [-0.3, -0.25) is 28.8 Å². The Labute approximate surface area is 323 Å². The summed E-state index contributed by atoms with van der Waals surface area (Å²) in [7, 11) is 3.04. The number of aromatic nitrogens is 4. The zero-order chi connectivity index (χ0) is 40.2. The highest BCUT2D eigenvalue weighted by atomic mass is 19.4. The molecular formula is C40H41F4N7O6. The second-order valence-electron chi connectivity index (χ2n) is 15.2. The first-order valence-corrected chi connectivity index (χ1v) is 19.0. The molecule has 13 nitrogen and oxygen atoms in total. The first-order valence-electron chi connectivity index (χ1n) is 19.0. The summed E-state index contributed by atoms with van der Waals surface area (Å²) in [6.07, 6.45) is -1.52. The lowest BCUT2D eigenvalue weighted by Crippen LogP contribution is -2.44. The Morgan fingerprint density at radius 2 is 1.79 bits per heavy atom. The minimum Gasteiger partial charge on any atom is -0.494 e. The number of nitrogens with zero attached hydrogens (tertiary/aromatic N) is 5. The Morgan fingerprint density at radius 3 is 2.51 bits per heavy atom. The van der Waals surface area contributed by atoms with Crippen LogP contribution in [0.3, 0.4) is 0 Å². The second kappa shape index (κ2) is 15.1. The number of imidazole rings is 1. The summed E-state index contributed by atoms with van der Waals surface area (Å²) in [6, 6.07) is 10.8. The fraction of sp³-hybridized carbons (Fsp3) is 0.450. The van der Waals surface area contributed by atoms with Crippen molar-refractivity contribution in [1.82, 2.24) is 29.3 Å². The lowest BCUT2D eigenvalue weighted by Gasteiger charge is -2.38. The number of carbonyl (C=O) groups excluding carboxylic acids is 3. The number of alkyl halides is 4. The van der Waals surface area contributed by atoms with Crippen LogP contribution in [-0.2, 0) is 22.8 Å². The van der Waals surface area contributed by atoms with Crippen LogP contribution < -0.4 is 21.1 Å². The highest BCUT2D eigenvalue weighted by molar-refractivity contribution is 6.04. The van der Waals surface area contributed by atoms with Crippen LogP contribution in [0.25, 0.3) is 22.1 Å². The Morgan fingerprint density at radius 1 is 1.02 bits per heavy atom. The normalized spacial score (nSPS) is 23.5. The Kier molecular flexibility index (Phi) is 10.1. The minimum absolute atomic E-state index is 0.0475. The number of piperidine rings is 2. The first kappa shape index (κ1) is 38.3. The average Bonchev–Trinajstić information content (AvgIpc) is 3.71. The third-order valence-electron chi connectivity index (χ3n) is 11.6. The molecule has 0 bridgehead atoms. The van der Waals surface area contributed by atoms with Gasteiger partial charge in [0.1, 0.15) is 34.9 Å². The first-order chi connectivity index (χ1) is 27.3. The van der Waals surface area contributed by atoms with Gasteiger partial charge in [0.2, 0.25) is 11.8 Å². The summed E-state index contributed by atoms with van der Waals surface area (Å²) in [6.45, 7) is 1.71. The summed E-state index contributed by atoms with van der Waals surface area (Å²) in [5.74, 6) is -0.932. The number of fused-ring (bicyclic) bond motifs is 2. The number of carbonyl (C=O) groups is 3. The van der Waals surface area contributed by atoms with Crippen molar-refractivity contribution in [3.8, 4) is 5.75 Å². The third-order valence-corrected chi connectivity index (χ3v) is 11.6. The molecular weight excluding hydrogens is 750 g/mol. The standard InChI is InChI=1S/C40H41F4N7O6/c1-49-35-24(5-3-7-29(35)51(39(49)55)30-13-14-34(52)48-37(30)54)23-15-16-50(20-25(23)41)19-21-9-11-22(12-10-21)38-47-28-17-31(56-2)27(18-32(28)57-38)46-36(53)26-6-4-8-33(45-26)40(42,43)44/h3-8,17-18,21-23,25,30H,9-16,19-20H2,1-2H3,(H,46,53)(H,48,52,54)/t21?,22?,23-,25+,30?/m0/s1. The van der Waals surface area contributed by atoms with E-state index in [0.717, 1.165) is 49.9 Å². The number of benzene rings is 2. The lowest BCUT2D eigenvalue weighted by atomic mass is 9.81. The number of amides is 3. The molecule has 5 heterocycles. The van der Waals surface area contributed by atoms with Crippen molar-refractivity contribution in [3.05, 3.63) is 81.9 Å². The maximum absolute atomic E-state index is 16.1. The third kappa shape index (κ3) is 7.40. The van der Waals surface area contributed by atoms with E-state index in [-0.39, 0.29) is 48.3 Å². The quantitative estimate of drug-likeness (QED) is 0.138. The predicted molar refractivity (Wildman–Crippen MR) is 200 cm³/mol. The number of para-hydroxylation sites is 1. The molecule has 2 N–H and O–H groups in total. The van der Waals surface area contributed by atoms with E-state index in [2.05, 4.69) is 20.5 Å². The van der Waals surface area contributed by atoms with Crippen LogP contribution in [-0.4, -0.2) is 74.6 Å². The Hall–Kier alpha value is -5.58. The maximum atomic E-state index is 16.1. The lowest BCUT2D eigenvalue weighted by molar-refractivity contribution is -0.141. The average molecular weight is 792 g/mol. The molecule has 1 aliphatic carbocycles. The van der Waals surface area contributed by atoms with Crippen LogP contribution in [0, 0.1) is 5.92 Å². The number of nitrogens with one attached hydrogen (secondary N) is 2. The highest BCUT2D eigenvalue weighted by Crippen LogP contribution is 2.41. The molecule has 3 aromatic heterocycles. The molecule has 1 unspecified atom stereocenters. The molecule has 300 valence electrons. The van der Waals surface area contributed by atoms with Gasteiger partial charge in [0.15, 0.2) is 11.5 Å².